The van der Waals surface area contributed by atoms with Crippen LogP contribution in [0.2, 0.25) is 5.02 Å². The van der Waals surface area contributed by atoms with Gasteiger partial charge in [-0.25, -0.2) is 4.79 Å². The average molecular weight is 778 g/mol. The third kappa shape index (κ3) is 6.89. The Morgan fingerprint density at radius 2 is 1.88 bits per heavy atom. The van der Waals surface area contributed by atoms with Crippen molar-refractivity contribution in [2.75, 3.05) is 44.2 Å². The van der Waals surface area contributed by atoms with Crippen molar-refractivity contribution in [1.82, 2.24) is 19.6 Å². The molecule has 4 saturated heterocycles. The number of nitrogens with one attached hydrogen (secondary N) is 1. The highest BCUT2D eigenvalue weighted by atomic mass is 35.5. The lowest BCUT2D eigenvalue weighted by atomic mass is 9.70. The maximum atomic E-state index is 13.5. The van der Waals surface area contributed by atoms with Crippen LogP contribution in [0.5, 0.6) is 11.5 Å². The molecule has 1 aromatic heterocycles. The van der Waals surface area contributed by atoms with Gasteiger partial charge >= 0.3 is 5.97 Å². The van der Waals surface area contributed by atoms with Crippen LogP contribution in [-0.2, 0) is 24.0 Å². The SMILES string of the molecule is CC(C)(O/N=C(/C(=O)C[C@@H]1C(=O)N2C(C(=O)[O-])=C(C[N+]34CCC(CNC(=O)c5ccc(O)c(O)c5Cl)(CC3)CC4)CS[C@H]12)c1nsc(N)n1)C(=O)O. The molecule has 5 aliphatic heterocycles. The molecule has 20 heteroatoms. The number of oxime groups is 1. The first-order valence-electron chi connectivity index (χ1n) is 16.3. The molecule has 2 amide bonds. The van der Waals surface area contributed by atoms with Crippen LogP contribution in [0.4, 0.5) is 5.13 Å². The zero-order valence-electron chi connectivity index (χ0n) is 28.1. The molecule has 0 aliphatic carbocycles. The molecule has 278 valence electrons. The summed E-state index contributed by atoms with van der Waals surface area (Å²) in [5.41, 5.74) is 3.78. The number of hydrogen-bond donors (Lipinski definition) is 5. The molecule has 17 nitrogen and oxygen atoms in total. The predicted octanol–water partition coefficient (Wildman–Crippen LogP) is 0.694. The number of carboxylic acid groups (broad SMARTS) is 2. The summed E-state index contributed by atoms with van der Waals surface area (Å²) in [4.78, 5) is 74.2. The normalized spacial score (nSPS) is 25.7. The number of β-lactam (4-membered cyclic amide) rings is 1. The number of nitrogen functional groups attached to an aromatic ring is 1. The minimum absolute atomic E-state index is 0.0297. The standard InChI is InChI=1S/C32H36ClN7O10S2/c1-31(2,29(48)49)50-37-21(24-36-30(34)52-38-24)19(42)11-17-26(45)39-22(28(46)47)15(13-51-27(17)39)12-40-8-5-32(6-9-40,7-10-40)14-35-25(44)16-3-4-18(41)23(43)20(16)33/h3-4,17,27H,5-14H2,1-2H3,(H6-,34,35,36,37,38,41,42,43,44,46,47,48,49)/t17-,27-,32?,40?/m1/s1. The van der Waals surface area contributed by atoms with Crippen molar-refractivity contribution in [3.8, 4) is 11.5 Å². The number of phenols is 2. The quantitative estimate of drug-likeness (QED) is 0.0617. The average Bonchev–Trinajstić information content (AvgIpc) is 3.54. The van der Waals surface area contributed by atoms with Crippen LogP contribution in [0.15, 0.2) is 28.6 Å². The summed E-state index contributed by atoms with van der Waals surface area (Å²) in [5.74, 6) is -6.29. The Morgan fingerprint density at radius 1 is 1.21 bits per heavy atom. The minimum Gasteiger partial charge on any atom is -0.543 e. The number of piperidine rings is 3. The predicted molar refractivity (Wildman–Crippen MR) is 185 cm³/mol. The van der Waals surface area contributed by atoms with Gasteiger partial charge in [-0.05, 0) is 26.0 Å². The number of carboxylic acids is 2. The van der Waals surface area contributed by atoms with Crippen LogP contribution in [0.3, 0.4) is 0 Å². The van der Waals surface area contributed by atoms with Gasteiger partial charge in [-0.15, -0.1) is 11.8 Å². The van der Waals surface area contributed by atoms with E-state index in [0.29, 0.717) is 28.9 Å². The molecule has 6 heterocycles. The number of halogens is 1. The van der Waals surface area contributed by atoms with Crippen molar-refractivity contribution in [2.24, 2.45) is 16.5 Å². The van der Waals surface area contributed by atoms with Crippen LogP contribution in [0.25, 0.3) is 0 Å². The number of aromatic hydroxyl groups is 2. The van der Waals surface area contributed by atoms with Crippen molar-refractivity contribution in [3.63, 3.8) is 0 Å². The van der Waals surface area contributed by atoms with E-state index in [0.717, 1.165) is 50.4 Å². The second-order valence-electron chi connectivity index (χ2n) is 14.1. The Balaban J connectivity index is 1.11. The Morgan fingerprint density at radius 3 is 2.48 bits per heavy atom. The molecule has 4 fully saturated rings. The van der Waals surface area contributed by atoms with Crippen LogP contribution < -0.4 is 16.2 Å². The number of aromatic nitrogens is 2. The van der Waals surface area contributed by atoms with Gasteiger partial charge in [-0.2, -0.15) is 9.36 Å². The zero-order valence-corrected chi connectivity index (χ0v) is 30.5. The van der Waals surface area contributed by atoms with E-state index in [2.05, 4.69) is 19.8 Å². The van der Waals surface area contributed by atoms with Gasteiger partial charge in [0.15, 0.2) is 28.1 Å². The maximum absolute atomic E-state index is 13.5. The summed E-state index contributed by atoms with van der Waals surface area (Å²) in [6.07, 6.45) is 1.94. The van der Waals surface area contributed by atoms with Gasteiger partial charge in [-0.3, -0.25) is 19.3 Å². The van der Waals surface area contributed by atoms with E-state index in [4.69, 9.17) is 22.2 Å². The van der Waals surface area contributed by atoms with Gasteiger partial charge in [0, 0.05) is 60.5 Å². The van der Waals surface area contributed by atoms with E-state index in [9.17, 15) is 44.4 Å². The van der Waals surface area contributed by atoms with E-state index < -0.39 is 63.6 Å². The second-order valence-corrected chi connectivity index (χ2v) is 16.4. The van der Waals surface area contributed by atoms with E-state index in [1.54, 1.807) is 0 Å². The number of quaternary nitrogens is 1. The summed E-state index contributed by atoms with van der Waals surface area (Å²) in [7, 11) is 0. The molecule has 0 saturated carbocycles. The number of ketones is 1. The fourth-order valence-corrected chi connectivity index (χ4v) is 9.19. The van der Waals surface area contributed by atoms with Gasteiger partial charge in [0.05, 0.1) is 53.2 Å². The van der Waals surface area contributed by atoms with Gasteiger partial charge in [0.2, 0.25) is 17.3 Å². The van der Waals surface area contributed by atoms with E-state index in [-0.39, 0.29) is 39.1 Å². The number of nitrogens with two attached hydrogens (primary N) is 1. The molecule has 2 bridgehead atoms. The summed E-state index contributed by atoms with van der Waals surface area (Å²) < 4.78 is 4.62. The molecule has 7 rings (SSSR count). The van der Waals surface area contributed by atoms with Gasteiger partial charge < -0.3 is 45.6 Å². The van der Waals surface area contributed by atoms with Gasteiger partial charge in [-0.1, -0.05) is 16.8 Å². The van der Waals surface area contributed by atoms with E-state index in [1.165, 1.54) is 42.6 Å². The second kappa shape index (κ2) is 13.8. The smallest absolute Gasteiger partial charge is 0.350 e. The van der Waals surface area contributed by atoms with Crippen molar-refractivity contribution in [3.05, 3.63) is 39.8 Å². The highest BCUT2D eigenvalue weighted by molar-refractivity contribution is 8.00. The van der Waals surface area contributed by atoms with Crippen molar-refractivity contribution >= 4 is 75.3 Å². The van der Waals surface area contributed by atoms with Gasteiger partial charge in [0.1, 0.15) is 6.54 Å². The number of hydrogen-bond acceptors (Lipinski definition) is 15. The summed E-state index contributed by atoms with van der Waals surface area (Å²) >= 11 is 8.22. The Kier molecular flexibility index (Phi) is 9.92. The number of anilines is 1. The van der Waals surface area contributed by atoms with Crippen LogP contribution in [0, 0.1) is 11.3 Å². The first-order chi connectivity index (χ1) is 24.5. The number of rotatable bonds is 13. The highest BCUT2D eigenvalue weighted by Gasteiger charge is 2.55. The Labute approximate surface area is 310 Å². The van der Waals surface area contributed by atoms with E-state index >= 15 is 0 Å². The molecule has 1 aromatic carbocycles. The lowest BCUT2D eigenvalue weighted by Gasteiger charge is -2.56. The fourth-order valence-electron chi connectivity index (χ4n) is 7.10. The summed E-state index contributed by atoms with van der Waals surface area (Å²) in [6.45, 7) is 5.47. The molecule has 6 N–H and O–H groups in total. The maximum Gasteiger partial charge on any atom is 0.350 e. The number of carbonyl (C=O) groups excluding carboxylic acids is 4. The van der Waals surface area contributed by atoms with Crippen molar-refractivity contribution in [1.29, 1.82) is 0 Å². The number of benzene rings is 1. The van der Waals surface area contributed by atoms with Crippen LogP contribution in [0.1, 0.15) is 55.7 Å². The van der Waals surface area contributed by atoms with Crippen molar-refractivity contribution < 1.29 is 53.7 Å². The topological polar surface area (TPSA) is 258 Å². The Hall–Kier alpha value is -4.46. The zero-order chi connectivity index (χ0) is 37.7. The number of thioether (sulfide) groups is 1. The molecule has 2 atom stereocenters. The third-order valence-corrected chi connectivity index (χ3v) is 12.7. The lowest BCUT2D eigenvalue weighted by molar-refractivity contribution is -0.941. The fraction of sp³-hybridized carbons (Fsp3) is 0.500. The first kappa shape index (κ1) is 37.3. The number of fused-ring (bicyclic) bond motifs is 4. The number of aliphatic carboxylic acids is 2. The lowest BCUT2D eigenvalue weighted by Crippen LogP contribution is -2.66. The molecule has 2 aromatic rings. The first-order valence-corrected chi connectivity index (χ1v) is 18.5. The minimum atomic E-state index is -1.79. The summed E-state index contributed by atoms with van der Waals surface area (Å²) in [6, 6.07) is 2.54. The molecular weight excluding hydrogens is 742 g/mol. The Bertz CT molecular complexity index is 1910. The molecule has 0 radical (unpaired) electrons. The number of carbonyl (C=O) groups is 5. The number of phenolic OH excluding ortho intramolecular Hbond substituents is 2. The highest BCUT2D eigenvalue weighted by Crippen LogP contribution is 2.48. The largest absolute Gasteiger partial charge is 0.543 e. The molecule has 5 aliphatic rings. The summed E-state index contributed by atoms with van der Waals surface area (Å²) in [5, 5.41) is 47.3. The molecule has 52 heavy (non-hydrogen) atoms. The monoisotopic (exact) mass is 777 g/mol. The molecule has 0 unspecified atom stereocenters. The third-order valence-electron chi connectivity index (χ3n) is 10.4. The van der Waals surface area contributed by atoms with Crippen LogP contribution >= 0.6 is 34.9 Å². The van der Waals surface area contributed by atoms with Crippen LogP contribution in [-0.4, -0.2) is 119 Å². The molecular formula is C32H36ClN7O10S2. The van der Waals surface area contributed by atoms with Gasteiger partial charge in [0.25, 0.3) is 5.91 Å². The number of amides is 2. The molecule has 0 spiro atoms. The van der Waals surface area contributed by atoms with E-state index in [1.807, 2.05) is 0 Å². The van der Waals surface area contributed by atoms with Crippen molar-refractivity contribution in [2.45, 2.75) is 50.5 Å². The number of Topliss-reactive ketones (excluding diaryl/α,β-unsaturated/α-hetero) is 1. The number of nitrogens with zero attached hydrogens (tertiary/aromatic N) is 5.